The van der Waals surface area contributed by atoms with E-state index in [1.165, 1.54) is 0 Å². The molecule has 0 radical (unpaired) electrons. The third-order valence-corrected chi connectivity index (χ3v) is 2.46. The summed E-state index contributed by atoms with van der Waals surface area (Å²) in [5.74, 6) is 0.340. The summed E-state index contributed by atoms with van der Waals surface area (Å²) in [6.45, 7) is 0. The first kappa shape index (κ1) is 9.99. The van der Waals surface area contributed by atoms with E-state index >= 15 is 0 Å². The number of alkyl halides is 1. The number of aromatic nitrogens is 1. The Hall–Kier alpha value is -1.54. The van der Waals surface area contributed by atoms with Crippen LogP contribution in [0.3, 0.4) is 0 Å². The van der Waals surface area contributed by atoms with Gasteiger partial charge in [-0.15, -0.1) is 11.6 Å². The van der Waals surface area contributed by atoms with Crippen molar-refractivity contribution in [1.82, 2.24) is 4.98 Å². The maximum atomic E-state index is 5.75. The molecule has 0 saturated carbocycles. The Kier molecular flexibility index (Phi) is 2.88. The zero-order valence-electron chi connectivity index (χ0n) is 8.15. The molecule has 1 aromatic heterocycles. The second-order valence-electron chi connectivity index (χ2n) is 3.23. The summed E-state index contributed by atoms with van der Waals surface area (Å²) >= 11 is 5.75. The Balaban J connectivity index is 2.46. The number of hydrogen-bond donors (Lipinski definition) is 1. The van der Waals surface area contributed by atoms with Crippen LogP contribution < -0.4 is 5.73 Å². The summed E-state index contributed by atoms with van der Waals surface area (Å²) in [5, 5.41) is 0. The maximum absolute atomic E-state index is 5.75. The van der Waals surface area contributed by atoms with E-state index in [0.29, 0.717) is 11.6 Å². The van der Waals surface area contributed by atoms with Gasteiger partial charge in [-0.1, -0.05) is 30.3 Å². The van der Waals surface area contributed by atoms with Gasteiger partial charge >= 0.3 is 0 Å². The summed E-state index contributed by atoms with van der Waals surface area (Å²) in [6.07, 6.45) is 0. The molecular weight excluding hydrogens is 208 g/mol. The van der Waals surface area contributed by atoms with Gasteiger partial charge in [-0.25, -0.2) is 4.98 Å². The summed E-state index contributed by atoms with van der Waals surface area (Å²) in [5.41, 5.74) is 9.08. The van der Waals surface area contributed by atoms with E-state index in [4.69, 9.17) is 17.3 Å². The number of nitrogen functional groups attached to an aromatic ring is 1. The van der Waals surface area contributed by atoms with E-state index in [0.717, 1.165) is 17.0 Å². The van der Waals surface area contributed by atoms with E-state index in [9.17, 15) is 0 Å². The van der Waals surface area contributed by atoms with E-state index < -0.39 is 0 Å². The van der Waals surface area contributed by atoms with Crippen LogP contribution in [0.25, 0.3) is 11.3 Å². The van der Waals surface area contributed by atoms with Crippen LogP contribution in [0.15, 0.2) is 42.5 Å². The van der Waals surface area contributed by atoms with Crippen molar-refractivity contribution in [2.75, 3.05) is 5.73 Å². The van der Waals surface area contributed by atoms with Crippen LogP contribution in [0, 0.1) is 0 Å². The van der Waals surface area contributed by atoms with Crippen molar-refractivity contribution < 1.29 is 0 Å². The van der Waals surface area contributed by atoms with Crippen LogP contribution in [0.4, 0.5) is 5.69 Å². The number of rotatable bonds is 2. The first-order chi connectivity index (χ1) is 7.31. The molecule has 1 heterocycles. The largest absolute Gasteiger partial charge is 0.397 e. The van der Waals surface area contributed by atoms with Crippen LogP contribution in [0.2, 0.25) is 0 Å². The zero-order valence-corrected chi connectivity index (χ0v) is 8.91. The van der Waals surface area contributed by atoms with Gasteiger partial charge in [0, 0.05) is 5.56 Å². The highest BCUT2D eigenvalue weighted by Crippen LogP contribution is 2.20. The molecule has 2 rings (SSSR count). The van der Waals surface area contributed by atoms with Crippen LogP contribution in [-0.4, -0.2) is 4.98 Å². The Morgan fingerprint density at radius 3 is 2.47 bits per heavy atom. The topological polar surface area (TPSA) is 38.9 Å². The molecule has 2 nitrogen and oxygen atoms in total. The fraction of sp³-hybridized carbons (Fsp3) is 0.0833. The van der Waals surface area contributed by atoms with E-state index in [2.05, 4.69) is 4.98 Å². The van der Waals surface area contributed by atoms with Crippen molar-refractivity contribution in [3.63, 3.8) is 0 Å². The van der Waals surface area contributed by atoms with Gasteiger partial charge in [0.2, 0.25) is 0 Å². The first-order valence-corrected chi connectivity index (χ1v) is 5.21. The molecule has 76 valence electrons. The molecule has 2 aromatic rings. The highest BCUT2D eigenvalue weighted by molar-refractivity contribution is 6.17. The molecule has 3 heteroatoms. The molecule has 0 spiro atoms. The monoisotopic (exact) mass is 218 g/mol. The average Bonchev–Trinajstić information content (AvgIpc) is 2.31. The van der Waals surface area contributed by atoms with Gasteiger partial charge in [0.25, 0.3) is 0 Å². The van der Waals surface area contributed by atoms with Gasteiger partial charge in [-0.05, 0) is 12.1 Å². The van der Waals surface area contributed by atoms with E-state index in [1.807, 2.05) is 42.5 Å². The quantitative estimate of drug-likeness (QED) is 0.787. The Labute approximate surface area is 93.7 Å². The van der Waals surface area contributed by atoms with Crippen LogP contribution in [-0.2, 0) is 5.88 Å². The number of halogens is 1. The number of anilines is 1. The second-order valence-corrected chi connectivity index (χ2v) is 3.50. The lowest BCUT2D eigenvalue weighted by atomic mass is 10.1. The zero-order chi connectivity index (χ0) is 10.7. The van der Waals surface area contributed by atoms with Crippen molar-refractivity contribution in [2.45, 2.75) is 5.88 Å². The van der Waals surface area contributed by atoms with Crippen molar-refractivity contribution in [1.29, 1.82) is 0 Å². The summed E-state index contributed by atoms with van der Waals surface area (Å²) < 4.78 is 0. The van der Waals surface area contributed by atoms with Crippen LogP contribution in [0.5, 0.6) is 0 Å². The Morgan fingerprint density at radius 1 is 1.07 bits per heavy atom. The predicted octanol–water partition coefficient (Wildman–Crippen LogP) is 3.07. The highest BCUT2D eigenvalue weighted by Gasteiger charge is 2.03. The van der Waals surface area contributed by atoms with Gasteiger partial charge < -0.3 is 5.73 Å². The van der Waals surface area contributed by atoms with Gasteiger partial charge in [-0.2, -0.15) is 0 Å². The van der Waals surface area contributed by atoms with Gasteiger partial charge in [0.15, 0.2) is 0 Å². The lowest BCUT2D eigenvalue weighted by Gasteiger charge is -2.05. The minimum Gasteiger partial charge on any atom is -0.397 e. The molecule has 0 aliphatic rings. The molecule has 0 atom stereocenters. The van der Waals surface area contributed by atoms with Crippen molar-refractivity contribution in [3.8, 4) is 11.3 Å². The average molecular weight is 219 g/mol. The standard InChI is InChI=1S/C12H11ClN2/c13-8-12-10(14)6-7-11(15-12)9-4-2-1-3-5-9/h1-7H,8,14H2. The molecule has 0 bridgehead atoms. The summed E-state index contributed by atoms with van der Waals surface area (Å²) in [4.78, 5) is 4.40. The smallest absolute Gasteiger partial charge is 0.0787 e. The SMILES string of the molecule is Nc1ccc(-c2ccccc2)nc1CCl. The molecular formula is C12H11ClN2. The van der Waals surface area contributed by atoms with Crippen molar-refractivity contribution in [2.24, 2.45) is 0 Å². The molecule has 0 fully saturated rings. The fourth-order valence-electron chi connectivity index (χ4n) is 1.39. The minimum absolute atomic E-state index is 0.340. The molecule has 2 N–H and O–H groups in total. The highest BCUT2D eigenvalue weighted by atomic mass is 35.5. The number of benzene rings is 1. The normalized spacial score (nSPS) is 10.2. The second kappa shape index (κ2) is 4.32. The predicted molar refractivity (Wildman–Crippen MR) is 63.6 cm³/mol. The van der Waals surface area contributed by atoms with Crippen molar-refractivity contribution >= 4 is 17.3 Å². The maximum Gasteiger partial charge on any atom is 0.0787 e. The Morgan fingerprint density at radius 2 is 1.80 bits per heavy atom. The molecule has 15 heavy (non-hydrogen) atoms. The van der Waals surface area contributed by atoms with Crippen LogP contribution in [0.1, 0.15) is 5.69 Å². The molecule has 0 aliphatic carbocycles. The van der Waals surface area contributed by atoms with E-state index in [1.54, 1.807) is 0 Å². The Bertz CT molecular complexity index is 454. The van der Waals surface area contributed by atoms with Gasteiger partial charge in [-0.3, -0.25) is 0 Å². The van der Waals surface area contributed by atoms with Gasteiger partial charge in [0.05, 0.1) is 23.0 Å². The minimum atomic E-state index is 0.340. The lowest BCUT2D eigenvalue weighted by Crippen LogP contribution is -1.96. The van der Waals surface area contributed by atoms with Crippen molar-refractivity contribution in [3.05, 3.63) is 48.2 Å². The molecule has 0 aliphatic heterocycles. The van der Waals surface area contributed by atoms with E-state index in [-0.39, 0.29) is 0 Å². The van der Waals surface area contributed by atoms with Gasteiger partial charge in [0.1, 0.15) is 0 Å². The number of nitrogens with two attached hydrogens (primary N) is 1. The lowest BCUT2D eigenvalue weighted by molar-refractivity contribution is 1.18. The van der Waals surface area contributed by atoms with Crippen LogP contribution >= 0.6 is 11.6 Å². The number of nitrogens with zero attached hydrogens (tertiary/aromatic N) is 1. The first-order valence-electron chi connectivity index (χ1n) is 4.68. The number of hydrogen-bond acceptors (Lipinski definition) is 2. The molecule has 0 amide bonds. The summed E-state index contributed by atoms with van der Waals surface area (Å²) in [6, 6.07) is 13.7. The fourth-order valence-corrected chi connectivity index (χ4v) is 1.60. The third kappa shape index (κ3) is 2.10. The number of pyridine rings is 1. The molecule has 1 aromatic carbocycles. The third-order valence-electron chi connectivity index (χ3n) is 2.21. The molecule has 0 unspecified atom stereocenters. The summed E-state index contributed by atoms with van der Waals surface area (Å²) in [7, 11) is 0. The molecule has 0 saturated heterocycles.